The molecule has 1 N–H and O–H groups in total. The molecule has 6 rings (SSSR count). The van der Waals surface area contributed by atoms with E-state index in [4.69, 9.17) is 0 Å². The molecule has 2 fully saturated rings. The van der Waals surface area contributed by atoms with Gasteiger partial charge in [-0.3, -0.25) is 14.4 Å². The van der Waals surface area contributed by atoms with Gasteiger partial charge in [-0.15, -0.1) is 11.3 Å². The summed E-state index contributed by atoms with van der Waals surface area (Å²) in [6, 6.07) is 11.7. The number of thioether (sulfide) groups is 1. The van der Waals surface area contributed by atoms with Crippen molar-refractivity contribution < 1.29 is 14.4 Å². The molecule has 2 bridgehead atoms. The molecule has 0 unspecified atom stereocenters. The van der Waals surface area contributed by atoms with Crippen molar-refractivity contribution in [2.75, 3.05) is 16.0 Å². The molecule has 1 aliphatic heterocycles. The second-order valence-corrected chi connectivity index (χ2v) is 11.9. The van der Waals surface area contributed by atoms with Crippen molar-refractivity contribution in [3.05, 3.63) is 59.7 Å². The highest BCUT2D eigenvalue weighted by molar-refractivity contribution is 8.01. The first-order chi connectivity index (χ1) is 17.5. The second kappa shape index (κ2) is 9.16. The van der Waals surface area contributed by atoms with E-state index in [1.807, 2.05) is 24.3 Å². The number of anilines is 2. The Balaban J connectivity index is 1.16. The van der Waals surface area contributed by atoms with Gasteiger partial charge in [0.2, 0.25) is 17.7 Å². The summed E-state index contributed by atoms with van der Waals surface area (Å²) in [5.41, 5.74) is 4.62. The van der Waals surface area contributed by atoms with E-state index in [-0.39, 0.29) is 47.1 Å². The number of thiazole rings is 1. The van der Waals surface area contributed by atoms with Gasteiger partial charge in [-0.05, 0) is 60.4 Å². The third-order valence-corrected chi connectivity index (χ3v) is 9.83. The van der Waals surface area contributed by atoms with Gasteiger partial charge in [0.25, 0.3) is 0 Å². The number of aryl methyl sites for hydroxylation is 2. The molecule has 3 amide bonds. The van der Waals surface area contributed by atoms with Crippen LogP contribution >= 0.6 is 23.1 Å². The zero-order valence-corrected chi connectivity index (χ0v) is 21.8. The summed E-state index contributed by atoms with van der Waals surface area (Å²) in [5.74, 6) is 0.0302. The van der Waals surface area contributed by atoms with Gasteiger partial charge in [-0.25, -0.2) is 9.88 Å². The van der Waals surface area contributed by atoms with Crippen LogP contribution in [0.2, 0.25) is 0 Å². The molecule has 1 saturated heterocycles. The second-order valence-electron chi connectivity index (χ2n) is 9.64. The molecular weight excluding hydrogens is 490 g/mol. The Kier molecular flexibility index (Phi) is 5.96. The summed E-state index contributed by atoms with van der Waals surface area (Å²) >= 11 is 2.88. The molecule has 36 heavy (non-hydrogen) atoms. The Hall–Kier alpha value is -2.97. The van der Waals surface area contributed by atoms with E-state index in [0.717, 1.165) is 50.6 Å². The Morgan fingerprint density at radius 1 is 1.06 bits per heavy atom. The van der Waals surface area contributed by atoms with Crippen LogP contribution in [0, 0.1) is 23.7 Å². The molecule has 0 radical (unpaired) electrons. The predicted octanol–water partition coefficient (Wildman–Crippen LogP) is 5.46. The number of nitrogens with one attached hydrogen (secondary N) is 1. The van der Waals surface area contributed by atoms with Crippen LogP contribution in [0.1, 0.15) is 31.4 Å². The van der Waals surface area contributed by atoms with Crippen LogP contribution in [-0.2, 0) is 27.2 Å². The lowest BCUT2D eigenvalue weighted by atomic mass is 9.85. The summed E-state index contributed by atoms with van der Waals surface area (Å²) in [6.45, 7) is 4.18. The quantitative estimate of drug-likeness (QED) is 0.256. The number of imide groups is 1. The number of hydrogen-bond acceptors (Lipinski definition) is 6. The molecule has 8 heteroatoms. The predicted molar refractivity (Wildman–Crippen MR) is 144 cm³/mol. The molecule has 4 atom stereocenters. The summed E-state index contributed by atoms with van der Waals surface area (Å²) in [5, 5.41) is 3.10. The fraction of sp³-hybridized carbons (Fsp3) is 0.357. The van der Waals surface area contributed by atoms with Gasteiger partial charge in [-0.1, -0.05) is 56.0 Å². The van der Waals surface area contributed by atoms with Gasteiger partial charge in [0.1, 0.15) is 0 Å². The van der Waals surface area contributed by atoms with E-state index in [2.05, 4.69) is 48.4 Å². The minimum Gasteiger partial charge on any atom is -0.325 e. The number of nitrogens with zero attached hydrogens (tertiary/aromatic N) is 2. The number of carbonyl (C=O) groups is 3. The highest BCUT2D eigenvalue weighted by Gasteiger charge is 2.59. The van der Waals surface area contributed by atoms with Crippen LogP contribution < -0.4 is 10.2 Å². The Morgan fingerprint density at radius 3 is 2.36 bits per heavy atom. The first-order valence-electron chi connectivity index (χ1n) is 12.5. The van der Waals surface area contributed by atoms with Crippen LogP contribution in [-0.4, -0.2) is 28.5 Å². The first-order valence-corrected chi connectivity index (χ1v) is 14.3. The number of aromatic nitrogens is 1. The minimum atomic E-state index is -0.208. The van der Waals surface area contributed by atoms with Crippen LogP contribution in [0.25, 0.3) is 10.2 Å². The van der Waals surface area contributed by atoms with E-state index in [0.29, 0.717) is 5.69 Å². The smallest absolute Gasteiger partial charge is 0.238 e. The van der Waals surface area contributed by atoms with Crippen molar-refractivity contribution in [1.29, 1.82) is 0 Å². The first kappa shape index (κ1) is 23.4. The maximum atomic E-state index is 13.2. The number of fused-ring (bicyclic) bond motifs is 6. The molecule has 184 valence electrons. The van der Waals surface area contributed by atoms with Crippen LogP contribution in [0.15, 0.2) is 52.9 Å². The maximum Gasteiger partial charge on any atom is 0.238 e. The highest BCUT2D eigenvalue weighted by atomic mass is 32.2. The molecule has 6 nitrogen and oxygen atoms in total. The number of carbonyl (C=O) groups excluding carboxylic acids is 3. The third-order valence-electron chi connectivity index (χ3n) is 7.67. The summed E-state index contributed by atoms with van der Waals surface area (Å²) in [6.07, 6.45) is 6.86. The fourth-order valence-corrected chi connectivity index (χ4v) is 7.86. The molecular formula is C28H27N3O3S2. The van der Waals surface area contributed by atoms with Crippen molar-refractivity contribution in [1.82, 2.24) is 4.98 Å². The molecule has 0 spiro atoms. The van der Waals surface area contributed by atoms with E-state index < -0.39 is 0 Å². The van der Waals surface area contributed by atoms with E-state index in [1.165, 1.54) is 28.0 Å². The van der Waals surface area contributed by atoms with Crippen molar-refractivity contribution in [3.8, 4) is 0 Å². The van der Waals surface area contributed by atoms with Crippen LogP contribution in [0.3, 0.4) is 0 Å². The highest BCUT2D eigenvalue weighted by Crippen LogP contribution is 2.53. The lowest BCUT2D eigenvalue weighted by Crippen LogP contribution is -2.32. The minimum absolute atomic E-state index is 0.0569. The topological polar surface area (TPSA) is 79.4 Å². The Morgan fingerprint density at radius 2 is 1.72 bits per heavy atom. The number of amides is 3. The number of benzene rings is 2. The van der Waals surface area contributed by atoms with Crippen molar-refractivity contribution in [2.45, 2.75) is 37.4 Å². The maximum absolute atomic E-state index is 13.2. The van der Waals surface area contributed by atoms with Crippen molar-refractivity contribution in [3.63, 3.8) is 0 Å². The van der Waals surface area contributed by atoms with E-state index in [1.54, 1.807) is 0 Å². The monoisotopic (exact) mass is 517 g/mol. The largest absolute Gasteiger partial charge is 0.325 e. The zero-order valence-electron chi connectivity index (χ0n) is 20.2. The van der Waals surface area contributed by atoms with Gasteiger partial charge in [-0.2, -0.15) is 0 Å². The third kappa shape index (κ3) is 3.78. The average Bonchev–Trinajstić information content (AvgIpc) is 3.65. The summed E-state index contributed by atoms with van der Waals surface area (Å²) in [4.78, 5) is 45.1. The van der Waals surface area contributed by atoms with Gasteiger partial charge >= 0.3 is 0 Å². The van der Waals surface area contributed by atoms with Crippen LogP contribution in [0.4, 0.5) is 11.4 Å². The van der Waals surface area contributed by atoms with Crippen LogP contribution in [0.5, 0.6) is 0 Å². The molecule has 2 heterocycles. The van der Waals surface area contributed by atoms with Gasteiger partial charge in [0.05, 0.1) is 33.5 Å². The number of hydrogen-bond donors (Lipinski definition) is 1. The molecule has 1 saturated carbocycles. The fourth-order valence-electron chi connectivity index (χ4n) is 5.96. The number of rotatable bonds is 7. The van der Waals surface area contributed by atoms with Gasteiger partial charge in [0, 0.05) is 5.69 Å². The molecule has 1 aromatic heterocycles. The SMILES string of the molecule is CCc1cccc(CC)c1NC(=O)CSc1nc2ccc(N3C(=O)[C@@H]4[C@H](C3=O)[C@@H]3C=C[C@H]4C3)cc2s1. The van der Waals surface area contributed by atoms with Crippen molar-refractivity contribution >= 4 is 62.4 Å². The van der Waals surface area contributed by atoms with Gasteiger partial charge < -0.3 is 5.32 Å². The molecule has 3 aliphatic rings. The molecule has 3 aromatic rings. The Bertz CT molecular complexity index is 1380. The zero-order chi connectivity index (χ0) is 25.0. The lowest BCUT2D eigenvalue weighted by Gasteiger charge is -2.17. The van der Waals surface area contributed by atoms with E-state index >= 15 is 0 Å². The molecule has 2 aliphatic carbocycles. The van der Waals surface area contributed by atoms with Gasteiger partial charge in [0.15, 0.2) is 4.34 Å². The average molecular weight is 518 g/mol. The number of para-hydroxylation sites is 1. The standard InChI is InChI=1S/C28H27N3O3S2/c1-3-15-6-5-7-16(4-2)25(15)30-22(32)14-35-28-29-20-11-10-19(13-21(20)36-28)31-26(33)23-17-8-9-18(12-17)24(23)27(31)34/h5-11,13,17-18,23-24H,3-4,12,14H2,1-2H3,(H,30,32)/t17-,18+,23-,24+. The van der Waals surface area contributed by atoms with E-state index in [9.17, 15) is 14.4 Å². The Labute approximate surface area is 218 Å². The molecule has 2 aromatic carbocycles. The summed E-state index contributed by atoms with van der Waals surface area (Å²) in [7, 11) is 0. The summed E-state index contributed by atoms with van der Waals surface area (Å²) < 4.78 is 1.69. The van der Waals surface area contributed by atoms with Crippen molar-refractivity contribution in [2.24, 2.45) is 23.7 Å². The lowest BCUT2D eigenvalue weighted by molar-refractivity contribution is -0.123. The normalized spacial score (nSPS) is 24.2. The number of allylic oxidation sites excluding steroid dienone is 2.